The van der Waals surface area contributed by atoms with E-state index in [9.17, 15) is 4.79 Å². The zero-order chi connectivity index (χ0) is 13.5. The first-order valence-electron chi connectivity index (χ1n) is 6.82. The molecule has 0 bridgehead atoms. The summed E-state index contributed by atoms with van der Waals surface area (Å²) in [5.41, 5.74) is 1.73. The van der Waals surface area contributed by atoms with E-state index in [1.54, 1.807) is 6.20 Å². The number of pyridine rings is 1. The molecule has 18 heavy (non-hydrogen) atoms. The molecule has 0 radical (unpaired) electrons. The molecule has 3 nitrogen and oxygen atoms in total. The van der Waals surface area contributed by atoms with Gasteiger partial charge in [-0.15, -0.1) is 0 Å². The fraction of sp³-hybridized carbons (Fsp3) is 0.600. The fourth-order valence-electron chi connectivity index (χ4n) is 2.04. The Morgan fingerprint density at radius 3 is 2.67 bits per heavy atom. The van der Waals surface area contributed by atoms with Crippen molar-refractivity contribution in [1.82, 2.24) is 4.98 Å². The summed E-state index contributed by atoms with van der Waals surface area (Å²) in [6.07, 6.45) is 5.96. The number of hydrogen-bond acceptors (Lipinski definition) is 3. The Morgan fingerprint density at radius 1 is 1.44 bits per heavy atom. The molecule has 0 aliphatic heterocycles. The van der Waals surface area contributed by atoms with Crippen LogP contribution < -0.4 is 4.90 Å². The van der Waals surface area contributed by atoms with Gasteiger partial charge < -0.3 is 4.90 Å². The lowest BCUT2D eigenvalue weighted by atomic mass is 10.1. The molecule has 1 rings (SSSR count). The Bertz CT molecular complexity index is 390. The molecule has 3 heteroatoms. The van der Waals surface area contributed by atoms with E-state index in [-0.39, 0.29) is 0 Å². The molecule has 100 valence electrons. The second-order valence-corrected chi connectivity index (χ2v) is 4.83. The molecule has 0 fully saturated rings. The summed E-state index contributed by atoms with van der Waals surface area (Å²) in [5.74, 6) is 1.02. The van der Waals surface area contributed by atoms with E-state index in [4.69, 9.17) is 0 Å². The van der Waals surface area contributed by atoms with Gasteiger partial charge in [-0.3, -0.25) is 4.79 Å². The van der Waals surface area contributed by atoms with Gasteiger partial charge in [-0.1, -0.05) is 20.3 Å². The maximum Gasteiger partial charge on any atom is 0.151 e. The number of aldehydes is 1. The van der Waals surface area contributed by atoms with E-state index in [0.717, 1.165) is 30.6 Å². The van der Waals surface area contributed by atoms with Gasteiger partial charge in [0, 0.05) is 24.3 Å². The smallest absolute Gasteiger partial charge is 0.151 e. The monoisotopic (exact) mass is 248 g/mol. The molecule has 1 aromatic heterocycles. The highest BCUT2D eigenvalue weighted by molar-refractivity contribution is 5.75. The number of nitrogens with zero attached hydrogens (tertiary/aromatic N) is 2. The van der Waals surface area contributed by atoms with E-state index >= 15 is 0 Å². The van der Waals surface area contributed by atoms with Crippen LogP contribution in [0.25, 0.3) is 0 Å². The molecule has 1 aromatic rings. The zero-order valence-corrected chi connectivity index (χ0v) is 11.9. The van der Waals surface area contributed by atoms with Gasteiger partial charge in [0.2, 0.25) is 0 Å². The zero-order valence-electron chi connectivity index (χ0n) is 11.9. The van der Waals surface area contributed by atoms with Crippen molar-refractivity contribution >= 4 is 12.1 Å². The van der Waals surface area contributed by atoms with Gasteiger partial charge in [0.05, 0.1) is 0 Å². The van der Waals surface area contributed by atoms with Crippen molar-refractivity contribution in [3.8, 4) is 0 Å². The van der Waals surface area contributed by atoms with E-state index in [1.165, 1.54) is 12.8 Å². The summed E-state index contributed by atoms with van der Waals surface area (Å²) >= 11 is 0. The summed E-state index contributed by atoms with van der Waals surface area (Å²) in [6, 6.07) is 2.39. The summed E-state index contributed by atoms with van der Waals surface area (Å²) in [7, 11) is 0. The van der Waals surface area contributed by atoms with Crippen LogP contribution in [0.5, 0.6) is 0 Å². The molecule has 0 saturated heterocycles. The molecule has 0 spiro atoms. The lowest BCUT2D eigenvalue weighted by molar-refractivity contribution is 0.112. The Hall–Kier alpha value is -1.38. The predicted octanol–water partition coefficient (Wildman–Crippen LogP) is 3.61. The van der Waals surface area contributed by atoms with Crippen molar-refractivity contribution in [3.05, 3.63) is 23.4 Å². The number of aryl methyl sites for hydroxylation is 1. The van der Waals surface area contributed by atoms with E-state index in [1.807, 2.05) is 13.0 Å². The van der Waals surface area contributed by atoms with Crippen LogP contribution in [-0.4, -0.2) is 23.9 Å². The van der Waals surface area contributed by atoms with Crippen LogP contribution in [0, 0.1) is 6.92 Å². The third kappa shape index (κ3) is 3.56. The Balaban J connectivity index is 3.00. The van der Waals surface area contributed by atoms with Gasteiger partial charge in [-0.2, -0.15) is 0 Å². The van der Waals surface area contributed by atoms with Gasteiger partial charge >= 0.3 is 0 Å². The second-order valence-electron chi connectivity index (χ2n) is 4.83. The van der Waals surface area contributed by atoms with Crippen molar-refractivity contribution in [2.24, 2.45) is 0 Å². The Labute approximate surface area is 110 Å². The molecule has 0 aromatic carbocycles. The molecule has 0 aliphatic rings. The SMILES string of the molecule is CCCCN(c1ncc(C=O)cc1C)C(C)CC. The quantitative estimate of drug-likeness (QED) is 0.691. The first-order chi connectivity index (χ1) is 8.63. The van der Waals surface area contributed by atoms with Gasteiger partial charge in [-0.05, 0) is 38.3 Å². The molecule has 0 saturated carbocycles. The summed E-state index contributed by atoms with van der Waals surface area (Å²) < 4.78 is 0. The first-order valence-corrected chi connectivity index (χ1v) is 6.82. The topological polar surface area (TPSA) is 33.2 Å². The molecule has 0 aliphatic carbocycles. The summed E-state index contributed by atoms with van der Waals surface area (Å²) in [6.45, 7) is 9.67. The number of aromatic nitrogens is 1. The minimum absolute atomic E-state index is 0.477. The van der Waals surface area contributed by atoms with Gasteiger partial charge in [0.25, 0.3) is 0 Å². The average molecular weight is 248 g/mol. The van der Waals surface area contributed by atoms with Crippen molar-refractivity contribution in [2.45, 2.75) is 53.0 Å². The van der Waals surface area contributed by atoms with Crippen molar-refractivity contribution in [3.63, 3.8) is 0 Å². The largest absolute Gasteiger partial charge is 0.354 e. The van der Waals surface area contributed by atoms with Crippen molar-refractivity contribution in [2.75, 3.05) is 11.4 Å². The van der Waals surface area contributed by atoms with Gasteiger partial charge in [-0.25, -0.2) is 4.98 Å². The third-order valence-electron chi connectivity index (χ3n) is 3.36. The highest BCUT2D eigenvalue weighted by Crippen LogP contribution is 2.21. The average Bonchev–Trinajstić information content (AvgIpc) is 2.39. The maximum atomic E-state index is 10.7. The van der Waals surface area contributed by atoms with Crippen LogP contribution in [0.3, 0.4) is 0 Å². The minimum atomic E-state index is 0.477. The van der Waals surface area contributed by atoms with Crippen LogP contribution in [0.1, 0.15) is 56.0 Å². The predicted molar refractivity (Wildman–Crippen MR) is 76.4 cm³/mol. The van der Waals surface area contributed by atoms with Crippen molar-refractivity contribution < 1.29 is 4.79 Å². The highest BCUT2D eigenvalue weighted by atomic mass is 16.1. The normalized spacial score (nSPS) is 12.2. The van der Waals surface area contributed by atoms with Crippen LogP contribution >= 0.6 is 0 Å². The maximum absolute atomic E-state index is 10.7. The number of unbranched alkanes of at least 4 members (excludes halogenated alkanes) is 1. The molecular weight excluding hydrogens is 224 g/mol. The number of anilines is 1. The van der Waals surface area contributed by atoms with Crippen LogP contribution in [0.4, 0.5) is 5.82 Å². The van der Waals surface area contributed by atoms with E-state index < -0.39 is 0 Å². The Kier molecular flexibility index (Phi) is 5.83. The van der Waals surface area contributed by atoms with Crippen LogP contribution in [-0.2, 0) is 0 Å². The summed E-state index contributed by atoms with van der Waals surface area (Å²) in [5, 5.41) is 0. The van der Waals surface area contributed by atoms with Crippen LogP contribution in [0.15, 0.2) is 12.3 Å². The van der Waals surface area contributed by atoms with Crippen molar-refractivity contribution in [1.29, 1.82) is 0 Å². The lowest BCUT2D eigenvalue weighted by Crippen LogP contribution is -2.34. The number of hydrogen-bond donors (Lipinski definition) is 0. The third-order valence-corrected chi connectivity index (χ3v) is 3.36. The second kappa shape index (κ2) is 7.14. The molecular formula is C15H24N2O. The highest BCUT2D eigenvalue weighted by Gasteiger charge is 2.16. The van der Waals surface area contributed by atoms with E-state index in [2.05, 4.69) is 30.7 Å². The van der Waals surface area contributed by atoms with Gasteiger partial charge in [0.1, 0.15) is 5.82 Å². The van der Waals surface area contributed by atoms with Gasteiger partial charge in [0.15, 0.2) is 6.29 Å². The first kappa shape index (κ1) is 14.7. The molecule has 1 heterocycles. The molecule has 0 N–H and O–H groups in total. The molecule has 1 atom stereocenters. The summed E-state index contributed by atoms with van der Waals surface area (Å²) in [4.78, 5) is 17.6. The number of carbonyl (C=O) groups excluding carboxylic acids is 1. The van der Waals surface area contributed by atoms with E-state index in [0.29, 0.717) is 11.6 Å². The molecule has 1 unspecified atom stereocenters. The minimum Gasteiger partial charge on any atom is -0.354 e. The lowest BCUT2D eigenvalue weighted by Gasteiger charge is -2.31. The standard InChI is InChI=1S/C15H24N2O/c1-5-7-8-17(13(4)6-2)15-12(3)9-14(11-18)10-16-15/h9-11,13H,5-8H2,1-4H3. The number of rotatable bonds is 7. The molecule has 0 amide bonds. The Morgan fingerprint density at radius 2 is 2.17 bits per heavy atom. The number of carbonyl (C=O) groups is 1. The van der Waals surface area contributed by atoms with Crippen LogP contribution in [0.2, 0.25) is 0 Å². The fourth-order valence-corrected chi connectivity index (χ4v) is 2.04.